The molecule has 1 heterocycles. The SMILES string of the molecule is CCOc1ccc(-c2c(C)c(C)nc(N)c2C#N)cc1. The fourth-order valence-corrected chi connectivity index (χ4v) is 2.18. The predicted molar refractivity (Wildman–Crippen MR) is 79.4 cm³/mol. The van der Waals surface area contributed by atoms with Crippen LogP contribution in [0.25, 0.3) is 11.1 Å². The van der Waals surface area contributed by atoms with Crippen LogP contribution in [0.2, 0.25) is 0 Å². The minimum absolute atomic E-state index is 0.277. The maximum Gasteiger partial charge on any atom is 0.142 e. The molecule has 0 aliphatic carbocycles. The van der Waals surface area contributed by atoms with E-state index in [-0.39, 0.29) is 5.82 Å². The van der Waals surface area contributed by atoms with E-state index in [1.165, 1.54) is 0 Å². The Bertz CT molecular complexity index is 670. The topological polar surface area (TPSA) is 71.9 Å². The minimum atomic E-state index is 0.277. The summed E-state index contributed by atoms with van der Waals surface area (Å²) in [5.74, 6) is 1.09. The molecule has 0 amide bonds. The van der Waals surface area contributed by atoms with E-state index in [1.807, 2.05) is 45.0 Å². The first kappa shape index (κ1) is 13.9. The number of aryl methyl sites for hydroxylation is 1. The lowest BCUT2D eigenvalue weighted by Gasteiger charge is -2.13. The van der Waals surface area contributed by atoms with Gasteiger partial charge in [-0.15, -0.1) is 0 Å². The summed E-state index contributed by atoms with van der Waals surface area (Å²) in [4.78, 5) is 4.21. The Balaban J connectivity index is 2.60. The van der Waals surface area contributed by atoms with Crippen LogP contribution in [0.5, 0.6) is 5.75 Å². The summed E-state index contributed by atoms with van der Waals surface area (Å²) in [6, 6.07) is 9.81. The molecule has 0 aliphatic rings. The highest BCUT2D eigenvalue weighted by Crippen LogP contribution is 2.32. The van der Waals surface area contributed by atoms with Crippen LogP contribution in [0.3, 0.4) is 0 Å². The Hall–Kier alpha value is -2.54. The number of nitriles is 1. The van der Waals surface area contributed by atoms with Crippen LogP contribution in [0.4, 0.5) is 5.82 Å². The van der Waals surface area contributed by atoms with E-state index < -0.39 is 0 Å². The normalized spacial score (nSPS) is 10.1. The molecule has 0 unspecified atom stereocenters. The number of anilines is 1. The number of hydrogen-bond acceptors (Lipinski definition) is 4. The van der Waals surface area contributed by atoms with Crippen LogP contribution in [0.1, 0.15) is 23.7 Å². The molecular formula is C16H17N3O. The summed E-state index contributed by atoms with van der Waals surface area (Å²) in [6.07, 6.45) is 0. The van der Waals surface area contributed by atoms with Crippen molar-refractivity contribution in [1.29, 1.82) is 5.26 Å². The number of benzene rings is 1. The minimum Gasteiger partial charge on any atom is -0.494 e. The first-order valence-electron chi connectivity index (χ1n) is 6.48. The van der Waals surface area contributed by atoms with Crippen molar-refractivity contribution >= 4 is 5.82 Å². The van der Waals surface area contributed by atoms with Crippen molar-refractivity contribution in [1.82, 2.24) is 4.98 Å². The number of nitrogens with zero attached hydrogens (tertiary/aromatic N) is 2. The van der Waals surface area contributed by atoms with Gasteiger partial charge in [-0.2, -0.15) is 5.26 Å². The van der Waals surface area contributed by atoms with Gasteiger partial charge < -0.3 is 10.5 Å². The number of hydrogen-bond donors (Lipinski definition) is 1. The van der Waals surface area contributed by atoms with Crippen LogP contribution < -0.4 is 10.5 Å². The smallest absolute Gasteiger partial charge is 0.142 e. The Morgan fingerprint density at radius 2 is 1.90 bits per heavy atom. The lowest BCUT2D eigenvalue weighted by atomic mass is 9.95. The Morgan fingerprint density at radius 3 is 2.45 bits per heavy atom. The summed E-state index contributed by atoms with van der Waals surface area (Å²) in [5.41, 5.74) is 9.89. The first-order chi connectivity index (χ1) is 9.58. The number of pyridine rings is 1. The lowest BCUT2D eigenvalue weighted by Crippen LogP contribution is -2.03. The van der Waals surface area contributed by atoms with E-state index in [2.05, 4.69) is 11.1 Å². The third-order valence-corrected chi connectivity index (χ3v) is 3.28. The molecule has 2 N–H and O–H groups in total. The molecule has 4 heteroatoms. The second-order valence-corrected chi connectivity index (χ2v) is 4.53. The summed E-state index contributed by atoms with van der Waals surface area (Å²) in [5, 5.41) is 9.32. The largest absolute Gasteiger partial charge is 0.494 e. The average Bonchev–Trinajstić information content (AvgIpc) is 2.44. The second-order valence-electron chi connectivity index (χ2n) is 4.53. The Morgan fingerprint density at radius 1 is 1.25 bits per heavy atom. The average molecular weight is 267 g/mol. The summed E-state index contributed by atoms with van der Waals surface area (Å²) >= 11 is 0. The van der Waals surface area contributed by atoms with Gasteiger partial charge in [-0.3, -0.25) is 0 Å². The second kappa shape index (κ2) is 5.62. The number of nitrogens with two attached hydrogens (primary N) is 1. The van der Waals surface area contributed by atoms with Gasteiger partial charge in [0.1, 0.15) is 23.2 Å². The predicted octanol–water partition coefficient (Wildman–Crippen LogP) is 3.22. The summed E-state index contributed by atoms with van der Waals surface area (Å²) in [7, 11) is 0. The molecule has 102 valence electrons. The van der Waals surface area contributed by atoms with Gasteiger partial charge in [-0.05, 0) is 44.0 Å². The van der Waals surface area contributed by atoms with E-state index in [0.29, 0.717) is 12.2 Å². The van der Waals surface area contributed by atoms with Gasteiger partial charge in [-0.25, -0.2) is 4.98 Å². The number of rotatable bonds is 3. The van der Waals surface area contributed by atoms with Gasteiger partial charge in [0.25, 0.3) is 0 Å². The van der Waals surface area contributed by atoms with Crippen molar-refractivity contribution in [2.24, 2.45) is 0 Å². The number of aromatic nitrogens is 1. The maximum absolute atomic E-state index is 9.32. The van der Waals surface area contributed by atoms with Crippen molar-refractivity contribution in [2.75, 3.05) is 12.3 Å². The Labute approximate surface area is 118 Å². The van der Waals surface area contributed by atoms with Crippen molar-refractivity contribution in [3.05, 3.63) is 41.1 Å². The fourth-order valence-electron chi connectivity index (χ4n) is 2.18. The summed E-state index contributed by atoms with van der Waals surface area (Å²) in [6.45, 7) is 6.42. The lowest BCUT2D eigenvalue weighted by molar-refractivity contribution is 0.340. The first-order valence-corrected chi connectivity index (χ1v) is 6.48. The molecule has 0 bridgehead atoms. The van der Waals surface area contributed by atoms with Crippen LogP contribution >= 0.6 is 0 Å². The van der Waals surface area contributed by atoms with Gasteiger partial charge in [0, 0.05) is 11.3 Å². The standard InChI is InChI=1S/C16H17N3O/c1-4-20-13-7-5-12(6-8-13)15-10(2)11(3)19-16(18)14(15)9-17/h5-8H,4H2,1-3H3,(H2,18,19). The fraction of sp³-hybridized carbons (Fsp3) is 0.250. The zero-order chi connectivity index (χ0) is 14.7. The van der Waals surface area contributed by atoms with Crippen molar-refractivity contribution in [2.45, 2.75) is 20.8 Å². The van der Waals surface area contributed by atoms with Gasteiger partial charge >= 0.3 is 0 Å². The van der Waals surface area contributed by atoms with Crippen LogP contribution in [0.15, 0.2) is 24.3 Å². The van der Waals surface area contributed by atoms with Gasteiger partial charge in [0.05, 0.1) is 6.61 Å². The molecule has 20 heavy (non-hydrogen) atoms. The molecule has 0 radical (unpaired) electrons. The van der Waals surface area contributed by atoms with E-state index in [1.54, 1.807) is 0 Å². The highest BCUT2D eigenvalue weighted by molar-refractivity contribution is 5.79. The monoisotopic (exact) mass is 267 g/mol. The molecule has 1 aromatic heterocycles. The third kappa shape index (κ3) is 2.43. The molecule has 1 aromatic carbocycles. The molecule has 4 nitrogen and oxygen atoms in total. The molecule has 0 aliphatic heterocycles. The molecule has 0 saturated carbocycles. The van der Waals surface area contributed by atoms with Gasteiger partial charge in [0.15, 0.2) is 0 Å². The van der Waals surface area contributed by atoms with E-state index in [4.69, 9.17) is 10.5 Å². The van der Waals surface area contributed by atoms with Crippen molar-refractivity contribution in [3.8, 4) is 22.9 Å². The van der Waals surface area contributed by atoms with Gasteiger partial charge in [-0.1, -0.05) is 12.1 Å². The van der Waals surface area contributed by atoms with Gasteiger partial charge in [0.2, 0.25) is 0 Å². The number of nitrogen functional groups attached to an aromatic ring is 1. The van der Waals surface area contributed by atoms with Crippen molar-refractivity contribution < 1.29 is 4.74 Å². The zero-order valence-corrected chi connectivity index (χ0v) is 11.9. The molecule has 2 rings (SSSR count). The summed E-state index contributed by atoms with van der Waals surface area (Å²) < 4.78 is 5.43. The molecule has 2 aromatic rings. The Kier molecular flexibility index (Phi) is 3.90. The quantitative estimate of drug-likeness (QED) is 0.926. The molecule has 0 atom stereocenters. The molecule has 0 fully saturated rings. The maximum atomic E-state index is 9.32. The third-order valence-electron chi connectivity index (χ3n) is 3.28. The molecular weight excluding hydrogens is 250 g/mol. The van der Waals surface area contributed by atoms with E-state index in [0.717, 1.165) is 28.1 Å². The highest BCUT2D eigenvalue weighted by Gasteiger charge is 2.15. The van der Waals surface area contributed by atoms with Crippen LogP contribution in [0, 0.1) is 25.2 Å². The van der Waals surface area contributed by atoms with Crippen LogP contribution in [-0.2, 0) is 0 Å². The zero-order valence-electron chi connectivity index (χ0n) is 11.9. The van der Waals surface area contributed by atoms with E-state index >= 15 is 0 Å². The van der Waals surface area contributed by atoms with E-state index in [9.17, 15) is 5.26 Å². The molecule has 0 spiro atoms. The number of ether oxygens (including phenoxy) is 1. The molecule has 0 saturated heterocycles. The highest BCUT2D eigenvalue weighted by atomic mass is 16.5. The van der Waals surface area contributed by atoms with Crippen LogP contribution in [-0.4, -0.2) is 11.6 Å². The van der Waals surface area contributed by atoms with Crippen molar-refractivity contribution in [3.63, 3.8) is 0 Å².